The molecule has 1 rings (SSSR count). The molecule has 0 spiro atoms. The van der Waals surface area contributed by atoms with Crippen LogP contribution < -0.4 is 5.32 Å². The Kier molecular flexibility index (Phi) is 8.69. The summed E-state index contributed by atoms with van der Waals surface area (Å²) in [6.07, 6.45) is 0. The molecule has 0 aromatic heterocycles. The van der Waals surface area contributed by atoms with Gasteiger partial charge in [0.2, 0.25) is 5.91 Å². The van der Waals surface area contributed by atoms with Crippen molar-refractivity contribution in [2.75, 3.05) is 33.2 Å². The molecule has 1 aromatic rings. The number of guanidine groups is 1. The van der Waals surface area contributed by atoms with Gasteiger partial charge in [-0.3, -0.25) is 4.79 Å². The second-order valence-electron chi connectivity index (χ2n) is 5.22. The summed E-state index contributed by atoms with van der Waals surface area (Å²) in [5.74, 6) is 0.860. The Hall–Kier alpha value is -1.56. The van der Waals surface area contributed by atoms with Crippen LogP contribution in [-0.2, 0) is 11.3 Å². The SMILES string of the molecule is CCNC(=NCc1cccc(Br)c1)N(C)CC(=O)N(CC)CC. The van der Waals surface area contributed by atoms with Gasteiger partial charge in [-0.05, 0) is 38.5 Å². The number of nitrogens with one attached hydrogen (secondary N) is 1. The van der Waals surface area contributed by atoms with E-state index in [0.717, 1.165) is 35.6 Å². The number of hydrogen-bond donors (Lipinski definition) is 1. The lowest BCUT2D eigenvalue weighted by Gasteiger charge is -2.25. The molecule has 128 valence electrons. The fourth-order valence-electron chi connectivity index (χ4n) is 2.23. The minimum Gasteiger partial charge on any atom is -0.357 e. The Labute approximate surface area is 147 Å². The average molecular weight is 383 g/mol. The van der Waals surface area contributed by atoms with Crippen molar-refractivity contribution in [3.8, 4) is 0 Å². The molecule has 1 aromatic carbocycles. The maximum Gasteiger partial charge on any atom is 0.242 e. The van der Waals surface area contributed by atoms with E-state index >= 15 is 0 Å². The molecule has 0 radical (unpaired) electrons. The number of carbonyl (C=O) groups is 1. The van der Waals surface area contributed by atoms with Crippen molar-refractivity contribution in [1.29, 1.82) is 0 Å². The van der Waals surface area contributed by atoms with Crippen LogP contribution in [0.2, 0.25) is 0 Å². The van der Waals surface area contributed by atoms with E-state index in [9.17, 15) is 4.79 Å². The van der Waals surface area contributed by atoms with Gasteiger partial charge in [-0.25, -0.2) is 4.99 Å². The monoisotopic (exact) mass is 382 g/mol. The molecule has 0 saturated heterocycles. The molecule has 0 aliphatic carbocycles. The molecule has 0 aliphatic rings. The van der Waals surface area contributed by atoms with Gasteiger partial charge in [-0.15, -0.1) is 0 Å². The standard InChI is InChI=1S/C17H27BrN4O/c1-5-19-17(20-12-14-9-8-10-15(18)11-14)21(4)13-16(23)22(6-2)7-3/h8-11H,5-7,12-13H2,1-4H3,(H,19,20). The van der Waals surface area contributed by atoms with Crippen molar-refractivity contribution in [1.82, 2.24) is 15.1 Å². The largest absolute Gasteiger partial charge is 0.357 e. The van der Waals surface area contributed by atoms with Crippen LogP contribution in [0, 0.1) is 0 Å². The molecule has 0 saturated carbocycles. The molecule has 0 atom stereocenters. The third-order valence-electron chi connectivity index (χ3n) is 3.49. The van der Waals surface area contributed by atoms with Gasteiger partial charge in [-0.2, -0.15) is 0 Å². The number of halogens is 1. The topological polar surface area (TPSA) is 47.9 Å². The van der Waals surface area contributed by atoms with E-state index in [4.69, 9.17) is 0 Å². The molecule has 0 unspecified atom stereocenters. The van der Waals surface area contributed by atoms with Gasteiger partial charge in [0.25, 0.3) is 0 Å². The van der Waals surface area contributed by atoms with Gasteiger partial charge in [0.1, 0.15) is 0 Å². The highest BCUT2D eigenvalue weighted by molar-refractivity contribution is 9.10. The van der Waals surface area contributed by atoms with Gasteiger partial charge >= 0.3 is 0 Å². The summed E-state index contributed by atoms with van der Waals surface area (Å²) in [6.45, 7) is 9.14. The first kappa shape index (κ1) is 19.5. The molecular weight excluding hydrogens is 356 g/mol. The van der Waals surface area contributed by atoms with E-state index < -0.39 is 0 Å². The maximum atomic E-state index is 12.2. The van der Waals surface area contributed by atoms with Crippen molar-refractivity contribution < 1.29 is 4.79 Å². The zero-order valence-corrected chi connectivity index (χ0v) is 16.1. The van der Waals surface area contributed by atoms with Crippen LogP contribution >= 0.6 is 15.9 Å². The molecule has 0 fully saturated rings. The smallest absolute Gasteiger partial charge is 0.242 e. The average Bonchev–Trinajstić information content (AvgIpc) is 2.52. The number of benzene rings is 1. The molecular formula is C17H27BrN4O. The minimum atomic E-state index is 0.116. The van der Waals surface area contributed by atoms with Gasteiger partial charge < -0.3 is 15.1 Å². The van der Waals surface area contributed by atoms with Crippen LogP contribution in [0.1, 0.15) is 26.3 Å². The van der Waals surface area contributed by atoms with Crippen LogP contribution in [0.3, 0.4) is 0 Å². The van der Waals surface area contributed by atoms with E-state index in [-0.39, 0.29) is 5.91 Å². The van der Waals surface area contributed by atoms with E-state index in [0.29, 0.717) is 13.1 Å². The zero-order valence-electron chi connectivity index (χ0n) is 14.5. The summed E-state index contributed by atoms with van der Waals surface area (Å²) in [6, 6.07) is 8.08. The number of carbonyl (C=O) groups excluding carboxylic acids is 1. The van der Waals surface area contributed by atoms with Gasteiger partial charge in [0.05, 0.1) is 13.1 Å². The highest BCUT2D eigenvalue weighted by atomic mass is 79.9. The number of aliphatic imine (C=N–C) groups is 1. The minimum absolute atomic E-state index is 0.116. The number of nitrogens with zero attached hydrogens (tertiary/aromatic N) is 3. The van der Waals surface area contributed by atoms with E-state index in [1.807, 2.05) is 61.9 Å². The Morgan fingerprint density at radius 2 is 1.96 bits per heavy atom. The number of hydrogen-bond acceptors (Lipinski definition) is 2. The fourth-order valence-corrected chi connectivity index (χ4v) is 2.67. The predicted molar refractivity (Wildman–Crippen MR) is 99.5 cm³/mol. The summed E-state index contributed by atoms with van der Waals surface area (Å²) in [5.41, 5.74) is 1.12. The highest BCUT2D eigenvalue weighted by Gasteiger charge is 2.14. The van der Waals surface area contributed by atoms with Crippen molar-refractivity contribution >= 4 is 27.8 Å². The quantitative estimate of drug-likeness (QED) is 0.582. The Morgan fingerprint density at radius 1 is 1.26 bits per heavy atom. The molecule has 1 N–H and O–H groups in total. The predicted octanol–water partition coefficient (Wildman–Crippen LogP) is 2.71. The van der Waals surface area contributed by atoms with Gasteiger partial charge in [0, 0.05) is 31.2 Å². The fraction of sp³-hybridized carbons (Fsp3) is 0.529. The molecule has 1 amide bonds. The summed E-state index contributed by atoms with van der Waals surface area (Å²) in [4.78, 5) is 20.6. The summed E-state index contributed by atoms with van der Waals surface area (Å²) in [5, 5.41) is 3.24. The van der Waals surface area contributed by atoms with Crippen LogP contribution in [0.5, 0.6) is 0 Å². The molecule has 5 nitrogen and oxygen atoms in total. The molecule has 0 heterocycles. The molecule has 6 heteroatoms. The van der Waals surface area contributed by atoms with Crippen LogP contribution in [0.15, 0.2) is 33.7 Å². The van der Waals surface area contributed by atoms with Crippen molar-refractivity contribution in [3.05, 3.63) is 34.3 Å². The first-order valence-electron chi connectivity index (χ1n) is 8.03. The summed E-state index contributed by atoms with van der Waals surface area (Å²) in [7, 11) is 1.89. The highest BCUT2D eigenvalue weighted by Crippen LogP contribution is 2.12. The number of likely N-dealkylation sites (N-methyl/N-ethyl adjacent to an activating group) is 2. The van der Waals surface area contributed by atoms with Gasteiger partial charge in [-0.1, -0.05) is 28.1 Å². The van der Waals surface area contributed by atoms with Crippen LogP contribution in [0.4, 0.5) is 0 Å². The van der Waals surface area contributed by atoms with Crippen molar-refractivity contribution in [3.63, 3.8) is 0 Å². The third-order valence-corrected chi connectivity index (χ3v) is 3.98. The first-order chi connectivity index (χ1) is 11.0. The first-order valence-corrected chi connectivity index (χ1v) is 8.82. The zero-order chi connectivity index (χ0) is 17.2. The Bertz CT molecular complexity index is 529. The second-order valence-corrected chi connectivity index (χ2v) is 6.14. The Morgan fingerprint density at radius 3 is 2.52 bits per heavy atom. The molecule has 0 aliphatic heterocycles. The van der Waals surface area contributed by atoms with E-state index in [2.05, 4.69) is 26.2 Å². The van der Waals surface area contributed by atoms with E-state index in [1.165, 1.54) is 0 Å². The lowest BCUT2D eigenvalue weighted by atomic mass is 10.2. The van der Waals surface area contributed by atoms with Crippen LogP contribution in [0.25, 0.3) is 0 Å². The molecule has 0 bridgehead atoms. The summed E-state index contributed by atoms with van der Waals surface area (Å²) >= 11 is 3.47. The van der Waals surface area contributed by atoms with Crippen LogP contribution in [-0.4, -0.2) is 54.9 Å². The van der Waals surface area contributed by atoms with Gasteiger partial charge in [0.15, 0.2) is 5.96 Å². The van der Waals surface area contributed by atoms with Crippen molar-refractivity contribution in [2.24, 2.45) is 4.99 Å². The second kappa shape index (κ2) is 10.3. The van der Waals surface area contributed by atoms with Crippen molar-refractivity contribution in [2.45, 2.75) is 27.3 Å². The molecule has 23 heavy (non-hydrogen) atoms. The normalized spacial score (nSPS) is 11.3. The lowest BCUT2D eigenvalue weighted by molar-refractivity contribution is -0.131. The number of rotatable bonds is 7. The Balaban J connectivity index is 2.75. The summed E-state index contributed by atoms with van der Waals surface area (Å²) < 4.78 is 1.04. The van der Waals surface area contributed by atoms with E-state index in [1.54, 1.807) is 0 Å². The maximum absolute atomic E-state index is 12.2. The number of amides is 1. The third kappa shape index (κ3) is 6.60. The lowest BCUT2D eigenvalue weighted by Crippen LogP contribution is -2.45.